The lowest BCUT2D eigenvalue weighted by molar-refractivity contribution is 0.0695. The molecule has 7 heteroatoms. The van der Waals surface area contributed by atoms with Crippen LogP contribution in [-0.2, 0) is 0 Å². The summed E-state index contributed by atoms with van der Waals surface area (Å²) in [6, 6.07) is 10.9. The fourth-order valence-corrected chi connectivity index (χ4v) is 3.27. The average Bonchev–Trinajstić information content (AvgIpc) is 2.64. The Labute approximate surface area is 155 Å². The van der Waals surface area contributed by atoms with Crippen molar-refractivity contribution in [3.05, 3.63) is 59.4 Å². The number of benzene rings is 2. The number of para-hydroxylation sites is 1. The fourth-order valence-electron chi connectivity index (χ4n) is 2.22. The van der Waals surface area contributed by atoms with Crippen molar-refractivity contribution in [3.63, 3.8) is 0 Å². The van der Waals surface area contributed by atoms with Gasteiger partial charge < -0.3 is 15.2 Å². The minimum Gasteiger partial charge on any atom is -0.496 e. The lowest BCUT2D eigenvalue weighted by atomic mass is 10.1. The van der Waals surface area contributed by atoms with E-state index in [4.69, 9.17) is 9.84 Å². The van der Waals surface area contributed by atoms with Gasteiger partial charge in [-0.25, -0.2) is 9.18 Å². The fraction of sp³-hybridized carbons (Fsp3) is 0.263. The van der Waals surface area contributed by atoms with E-state index in [0.29, 0.717) is 6.54 Å². The smallest absolute Gasteiger partial charge is 0.335 e. The van der Waals surface area contributed by atoms with Crippen molar-refractivity contribution in [1.29, 1.82) is 0 Å². The average molecular weight is 377 g/mol. The highest BCUT2D eigenvalue weighted by atomic mass is 32.2. The summed E-state index contributed by atoms with van der Waals surface area (Å²) in [6.45, 7) is 2.35. The Kier molecular flexibility index (Phi) is 7.03. The van der Waals surface area contributed by atoms with Crippen LogP contribution in [0.15, 0.2) is 47.4 Å². The van der Waals surface area contributed by atoms with Crippen LogP contribution in [0.5, 0.6) is 5.75 Å². The van der Waals surface area contributed by atoms with Crippen molar-refractivity contribution >= 4 is 23.6 Å². The van der Waals surface area contributed by atoms with Crippen molar-refractivity contribution in [2.75, 3.05) is 19.4 Å². The van der Waals surface area contributed by atoms with Crippen LogP contribution in [-0.4, -0.2) is 36.4 Å². The molecule has 1 unspecified atom stereocenters. The monoisotopic (exact) mass is 377 g/mol. The molecule has 1 atom stereocenters. The molecule has 2 rings (SSSR count). The van der Waals surface area contributed by atoms with Gasteiger partial charge in [-0.05, 0) is 36.2 Å². The lowest BCUT2D eigenvalue weighted by Gasteiger charge is -2.14. The Hall–Kier alpha value is -2.54. The molecule has 0 saturated heterocycles. The number of hydrogen-bond donors (Lipinski definition) is 2. The third kappa shape index (κ3) is 5.23. The van der Waals surface area contributed by atoms with E-state index >= 15 is 0 Å². The first-order valence-corrected chi connectivity index (χ1v) is 8.97. The molecule has 0 saturated carbocycles. The molecule has 0 radical (unpaired) electrons. The highest BCUT2D eigenvalue weighted by Crippen LogP contribution is 2.29. The first-order chi connectivity index (χ1) is 12.4. The molecule has 0 aliphatic carbocycles. The zero-order valence-electron chi connectivity index (χ0n) is 14.5. The number of hydrogen-bond acceptors (Lipinski definition) is 4. The summed E-state index contributed by atoms with van der Waals surface area (Å²) in [5.41, 5.74) is -0.361. The van der Waals surface area contributed by atoms with E-state index < -0.39 is 17.7 Å². The highest BCUT2D eigenvalue weighted by Gasteiger charge is 2.15. The van der Waals surface area contributed by atoms with Crippen molar-refractivity contribution < 1.29 is 23.8 Å². The third-order valence-electron chi connectivity index (χ3n) is 3.66. The third-order valence-corrected chi connectivity index (χ3v) is 5.05. The number of amides is 1. The molecule has 138 valence electrons. The standard InChI is InChI=1S/C19H20FNO4S/c1-12(11-26-17-6-4-3-5-16(17)25-2)10-21-18(22)14-8-7-13(19(23)24)9-15(14)20/h3-9,12H,10-11H2,1-2H3,(H,21,22)(H,23,24). The number of carboxylic acid groups (broad SMARTS) is 1. The molecule has 0 aliphatic heterocycles. The van der Waals surface area contributed by atoms with Crippen molar-refractivity contribution in [1.82, 2.24) is 5.32 Å². The van der Waals surface area contributed by atoms with Gasteiger partial charge in [0.15, 0.2) is 0 Å². The maximum Gasteiger partial charge on any atom is 0.335 e. The van der Waals surface area contributed by atoms with Gasteiger partial charge in [0.2, 0.25) is 0 Å². The number of carbonyl (C=O) groups is 2. The summed E-state index contributed by atoms with van der Waals surface area (Å²) in [4.78, 5) is 23.9. The van der Waals surface area contributed by atoms with E-state index in [1.807, 2.05) is 31.2 Å². The summed E-state index contributed by atoms with van der Waals surface area (Å²) in [5, 5.41) is 11.5. The first-order valence-electron chi connectivity index (χ1n) is 7.99. The van der Waals surface area contributed by atoms with Gasteiger partial charge in [0, 0.05) is 17.2 Å². The van der Waals surface area contributed by atoms with Gasteiger partial charge in [0.25, 0.3) is 5.91 Å². The Bertz CT molecular complexity index is 797. The van der Waals surface area contributed by atoms with E-state index in [1.165, 1.54) is 12.1 Å². The largest absolute Gasteiger partial charge is 0.496 e. The van der Waals surface area contributed by atoms with Crippen LogP contribution in [0, 0.1) is 11.7 Å². The van der Waals surface area contributed by atoms with Gasteiger partial charge in [-0.2, -0.15) is 0 Å². The molecule has 26 heavy (non-hydrogen) atoms. The number of nitrogens with one attached hydrogen (secondary N) is 1. The number of carboxylic acids is 1. The molecule has 2 N–H and O–H groups in total. The normalized spacial score (nSPS) is 11.7. The number of halogens is 1. The van der Waals surface area contributed by atoms with Gasteiger partial charge in [0.05, 0.1) is 18.2 Å². The SMILES string of the molecule is COc1ccccc1SCC(C)CNC(=O)c1ccc(C(=O)O)cc1F. The molecule has 5 nitrogen and oxygen atoms in total. The molecule has 1 amide bonds. The molecule has 0 spiro atoms. The van der Waals surface area contributed by atoms with E-state index in [0.717, 1.165) is 22.5 Å². The maximum absolute atomic E-state index is 13.9. The van der Waals surface area contributed by atoms with Crippen LogP contribution in [0.3, 0.4) is 0 Å². The number of ether oxygens (including phenoxy) is 1. The van der Waals surface area contributed by atoms with Crippen LogP contribution in [0.2, 0.25) is 0 Å². The number of aromatic carboxylic acids is 1. The molecular weight excluding hydrogens is 357 g/mol. The Morgan fingerprint density at radius 2 is 2.00 bits per heavy atom. The summed E-state index contributed by atoms with van der Waals surface area (Å²) >= 11 is 1.62. The van der Waals surface area contributed by atoms with Gasteiger partial charge in [-0.1, -0.05) is 19.1 Å². The number of thioether (sulfide) groups is 1. The Morgan fingerprint density at radius 1 is 1.27 bits per heavy atom. The molecule has 2 aromatic rings. The Morgan fingerprint density at radius 3 is 2.65 bits per heavy atom. The molecule has 2 aromatic carbocycles. The second-order valence-corrected chi connectivity index (χ2v) is 6.84. The summed E-state index contributed by atoms with van der Waals surface area (Å²) in [5.74, 6) is -0.949. The lowest BCUT2D eigenvalue weighted by Crippen LogP contribution is -2.29. The topological polar surface area (TPSA) is 75.6 Å². The number of methoxy groups -OCH3 is 1. The molecule has 0 fully saturated rings. The second kappa shape index (κ2) is 9.24. The number of carbonyl (C=O) groups excluding carboxylic acids is 1. The molecule has 0 aliphatic rings. The van der Waals surface area contributed by atoms with Gasteiger partial charge in [-0.15, -0.1) is 11.8 Å². The predicted molar refractivity (Wildman–Crippen MR) is 98.6 cm³/mol. The van der Waals surface area contributed by atoms with Gasteiger partial charge in [-0.3, -0.25) is 4.79 Å². The molecule has 0 aromatic heterocycles. The maximum atomic E-state index is 13.9. The van der Waals surface area contributed by atoms with E-state index in [-0.39, 0.29) is 17.0 Å². The quantitative estimate of drug-likeness (QED) is 0.686. The van der Waals surface area contributed by atoms with Crippen molar-refractivity contribution in [3.8, 4) is 5.75 Å². The molecule has 0 heterocycles. The zero-order chi connectivity index (χ0) is 19.1. The van der Waals surface area contributed by atoms with Crippen LogP contribution in [0.1, 0.15) is 27.6 Å². The zero-order valence-corrected chi connectivity index (χ0v) is 15.3. The highest BCUT2D eigenvalue weighted by molar-refractivity contribution is 7.99. The summed E-state index contributed by atoms with van der Waals surface area (Å²) in [7, 11) is 1.62. The minimum atomic E-state index is -1.24. The summed E-state index contributed by atoms with van der Waals surface area (Å²) in [6.07, 6.45) is 0. The van der Waals surface area contributed by atoms with Crippen molar-refractivity contribution in [2.24, 2.45) is 5.92 Å². The van der Waals surface area contributed by atoms with Crippen LogP contribution in [0.25, 0.3) is 0 Å². The van der Waals surface area contributed by atoms with Crippen LogP contribution in [0.4, 0.5) is 4.39 Å². The van der Waals surface area contributed by atoms with E-state index in [1.54, 1.807) is 18.9 Å². The van der Waals surface area contributed by atoms with Crippen LogP contribution < -0.4 is 10.1 Å². The van der Waals surface area contributed by atoms with E-state index in [9.17, 15) is 14.0 Å². The Balaban J connectivity index is 1.88. The predicted octanol–water partition coefficient (Wildman–Crippen LogP) is 3.69. The molecule has 0 bridgehead atoms. The van der Waals surface area contributed by atoms with E-state index in [2.05, 4.69) is 5.32 Å². The van der Waals surface area contributed by atoms with Gasteiger partial charge in [0.1, 0.15) is 11.6 Å². The van der Waals surface area contributed by atoms with Gasteiger partial charge >= 0.3 is 5.97 Å². The molecular formula is C19H20FNO4S. The minimum absolute atomic E-state index is 0.148. The second-order valence-electron chi connectivity index (χ2n) is 5.78. The number of rotatable bonds is 8. The first kappa shape index (κ1) is 19.8. The van der Waals surface area contributed by atoms with Crippen LogP contribution >= 0.6 is 11.8 Å². The van der Waals surface area contributed by atoms with Crippen molar-refractivity contribution in [2.45, 2.75) is 11.8 Å². The summed E-state index contributed by atoms with van der Waals surface area (Å²) < 4.78 is 19.2.